The van der Waals surface area contributed by atoms with E-state index < -0.39 is 0 Å². The van der Waals surface area contributed by atoms with Gasteiger partial charge in [0.2, 0.25) is 5.91 Å². The quantitative estimate of drug-likeness (QED) is 0.294. The molecule has 1 N–H and O–H groups in total. The van der Waals surface area contributed by atoms with E-state index in [4.69, 9.17) is 26.1 Å². The highest BCUT2D eigenvalue weighted by molar-refractivity contribution is 7.99. The van der Waals surface area contributed by atoms with Gasteiger partial charge in [0.25, 0.3) is 0 Å². The number of aromatic nitrogens is 2. The molecule has 8 heteroatoms. The lowest BCUT2D eigenvalue weighted by Gasteiger charge is -2.08. The van der Waals surface area contributed by atoms with Crippen molar-refractivity contribution in [1.82, 2.24) is 9.55 Å². The molecule has 0 spiro atoms. The van der Waals surface area contributed by atoms with Crippen LogP contribution in [0.25, 0.3) is 16.9 Å². The molecule has 1 heterocycles. The van der Waals surface area contributed by atoms with Crippen molar-refractivity contribution >= 4 is 35.0 Å². The van der Waals surface area contributed by atoms with E-state index in [0.717, 1.165) is 28.2 Å². The fraction of sp³-hybridized carbons (Fsp3) is 0.154. The molecular weight excluding hydrogens is 470 g/mol. The van der Waals surface area contributed by atoms with Gasteiger partial charge in [-0.1, -0.05) is 35.5 Å². The topological polar surface area (TPSA) is 65.4 Å². The summed E-state index contributed by atoms with van der Waals surface area (Å²) in [6.07, 6.45) is 1.94. The van der Waals surface area contributed by atoms with E-state index in [-0.39, 0.29) is 11.7 Å². The van der Waals surface area contributed by atoms with Crippen LogP contribution in [0.5, 0.6) is 11.5 Å². The van der Waals surface area contributed by atoms with Gasteiger partial charge in [0, 0.05) is 28.2 Å². The third-order valence-electron chi connectivity index (χ3n) is 5.09. The van der Waals surface area contributed by atoms with Gasteiger partial charge in [-0.05, 0) is 67.1 Å². The average Bonchev–Trinajstić information content (AvgIpc) is 3.27. The molecule has 34 heavy (non-hydrogen) atoms. The monoisotopic (exact) mass is 493 g/mol. The summed E-state index contributed by atoms with van der Waals surface area (Å²) in [6, 6.07) is 20.9. The van der Waals surface area contributed by atoms with E-state index in [1.807, 2.05) is 84.4 Å². The Labute approximate surface area is 207 Å². The van der Waals surface area contributed by atoms with Crippen molar-refractivity contribution in [3.63, 3.8) is 0 Å². The maximum Gasteiger partial charge on any atom is 0.234 e. The molecule has 0 aliphatic heterocycles. The second-order valence-electron chi connectivity index (χ2n) is 7.53. The van der Waals surface area contributed by atoms with Crippen LogP contribution in [0.3, 0.4) is 0 Å². The molecule has 0 radical (unpaired) electrons. The Morgan fingerprint density at radius 3 is 2.50 bits per heavy atom. The van der Waals surface area contributed by atoms with Crippen molar-refractivity contribution in [2.45, 2.75) is 12.1 Å². The smallest absolute Gasteiger partial charge is 0.234 e. The Hall–Kier alpha value is -3.42. The first-order valence-corrected chi connectivity index (χ1v) is 11.9. The standard InChI is InChI=1S/C26H24ClN3O3S/c1-17-5-4-6-20(13-17)28-25(31)16-34-26-29-22(15-30(26)21-10-8-19(27)9-11-21)18-7-12-23(32-2)24(14-18)33-3/h4-15H,16H2,1-3H3,(H,28,31). The zero-order valence-corrected chi connectivity index (χ0v) is 20.6. The number of hydrogen-bond acceptors (Lipinski definition) is 5. The second kappa shape index (κ2) is 10.7. The Bertz CT molecular complexity index is 1310. The van der Waals surface area contributed by atoms with E-state index in [1.54, 1.807) is 14.2 Å². The van der Waals surface area contributed by atoms with Crippen LogP contribution in [0, 0.1) is 6.92 Å². The Morgan fingerprint density at radius 1 is 1.03 bits per heavy atom. The highest BCUT2D eigenvalue weighted by Gasteiger charge is 2.16. The molecule has 0 saturated carbocycles. The molecule has 0 atom stereocenters. The highest BCUT2D eigenvalue weighted by atomic mass is 35.5. The van der Waals surface area contributed by atoms with Crippen LogP contribution < -0.4 is 14.8 Å². The van der Waals surface area contributed by atoms with Crippen molar-refractivity contribution in [2.75, 3.05) is 25.3 Å². The van der Waals surface area contributed by atoms with Crippen LogP contribution in [0.4, 0.5) is 5.69 Å². The summed E-state index contributed by atoms with van der Waals surface area (Å²) < 4.78 is 12.7. The van der Waals surface area contributed by atoms with E-state index in [2.05, 4.69) is 5.32 Å². The summed E-state index contributed by atoms with van der Waals surface area (Å²) in [6.45, 7) is 1.99. The first-order chi connectivity index (χ1) is 16.5. The van der Waals surface area contributed by atoms with Gasteiger partial charge >= 0.3 is 0 Å². The first kappa shape index (κ1) is 23.7. The molecule has 0 aliphatic carbocycles. The molecule has 0 aliphatic rings. The molecule has 4 rings (SSSR count). The fourth-order valence-corrected chi connectivity index (χ4v) is 4.35. The highest BCUT2D eigenvalue weighted by Crippen LogP contribution is 2.34. The van der Waals surface area contributed by atoms with Crippen LogP contribution in [0.15, 0.2) is 78.1 Å². The number of benzene rings is 3. The molecule has 0 fully saturated rings. The molecule has 4 aromatic rings. The van der Waals surface area contributed by atoms with Gasteiger partial charge in [0.15, 0.2) is 16.7 Å². The van der Waals surface area contributed by atoms with Crippen molar-refractivity contribution in [2.24, 2.45) is 0 Å². The van der Waals surface area contributed by atoms with Crippen LogP contribution in [0.2, 0.25) is 5.02 Å². The van der Waals surface area contributed by atoms with Gasteiger partial charge in [0.05, 0.1) is 25.7 Å². The third-order valence-corrected chi connectivity index (χ3v) is 6.30. The number of carbonyl (C=O) groups is 1. The molecule has 6 nitrogen and oxygen atoms in total. The molecule has 0 unspecified atom stereocenters. The van der Waals surface area contributed by atoms with Crippen molar-refractivity contribution in [3.05, 3.63) is 83.5 Å². The Balaban J connectivity index is 1.62. The lowest BCUT2D eigenvalue weighted by Crippen LogP contribution is -2.14. The zero-order chi connectivity index (χ0) is 24.1. The lowest BCUT2D eigenvalue weighted by molar-refractivity contribution is -0.113. The van der Waals surface area contributed by atoms with Crippen LogP contribution in [-0.4, -0.2) is 35.4 Å². The minimum atomic E-state index is -0.103. The summed E-state index contributed by atoms with van der Waals surface area (Å²) in [4.78, 5) is 17.4. The number of hydrogen-bond donors (Lipinski definition) is 1. The first-order valence-electron chi connectivity index (χ1n) is 10.5. The third kappa shape index (κ3) is 5.55. The molecule has 1 aromatic heterocycles. The average molecular weight is 494 g/mol. The van der Waals surface area contributed by atoms with E-state index in [1.165, 1.54) is 11.8 Å². The maximum atomic E-state index is 12.6. The summed E-state index contributed by atoms with van der Waals surface area (Å²) >= 11 is 7.45. The number of anilines is 1. The maximum absolute atomic E-state index is 12.6. The Morgan fingerprint density at radius 2 is 1.79 bits per heavy atom. The van der Waals surface area contributed by atoms with Crippen molar-refractivity contribution in [3.8, 4) is 28.4 Å². The number of ether oxygens (including phenoxy) is 2. The minimum Gasteiger partial charge on any atom is -0.493 e. The van der Waals surface area contributed by atoms with E-state index in [9.17, 15) is 4.79 Å². The molecule has 0 saturated heterocycles. The van der Waals surface area contributed by atoms with E-state index in [0.29, 0.717) is 21.7 Å². The number of methoxy groups -OCH3 is 2. The number of halogens is 1. The number of nitrogens with one attached hydrogen (secondary N) is 1. The molecule has 1 amide bonds. The number of rotatable bonds is 8. The van der Waals surface area contributed by atoms with Crippen LogP contribution >= 0.6 is 23.4 Å². The number of aryl methyl sites for hydroxylation is 1. The van der Waals surface area contributed by atoms with Gasteiger partial charge in [-0.15, -0.1) is 0 Å². The predicted molar refractivity (Wildman–Crippen MR) is 138 cm³/mol. The summed E-state index contributed by atoms with van der Waals surface area (Å²) in [5.74, 6) is 1.37. The number of nitrogens with zero attached hydrogens (tertiary/aromatic N) is 2. The summed E-state index contributed by atoms with van der Waals surface area (Å²) in [7, 11) is 3.20. The molecule has 174 valence electrons. The second-order valence-corrected chi connectivity index (χ2v) is 8.91. The van der Waals surface area contributed by atoms with Gasteiger partial charge in [-0.3, -0.25) is 9.36 Å². The van der Waals surface area contributed by atoms with Crippen LogP contribution in [0.1, 0.15) is 5.56 Å². The number of imidazole rings is 1. The van der Waals surface area contributed by atoms with Gasteiger partial charge < -0.3 is 14.8 Å². The van der Waals surface area contributed by atoms with Gasteiger partial charge in [0.1, 0.15) is 0 Å². The van der Waals surface area contributed by atoms with Gasteiger partial charge in [-0.25, -0.2) is 4.98 Å². The van der Waals surface area contributed by atoms with Crippen molar-refractivity contribution < 1.29 is 14.3 Å². The minimum absolute atomic E-state index is 0.103. The lowest BCUT2D eigenvalue weighted by atomic mass is 10.1. The summed E-state index contributed by atoms with van der Waals surface area (Å²) in [5, 5.41) is 4.28. The molecule has 0 bridgehead atoms. The zero-order valence-electron chi connectivity index (χ0n) is 19.0. The largest absolute Gasteiger partial charge is 0.493 e. The van der Waals surface area contributed by atoms with Gasteiger partial charge in [-0.2, -0.15) is 0 Å². The normalized spacial score (nSPS) is 10.7. The summed E-state index contributed by atoms with van der Waals surface area (Å²) in [5.41, 5.74) is 4.38. The SMILES string of the molecule is COc1ccc(-c2cn(-c3ccc(Cl)cc3)c(SCC(=O)Nc3cccc(C)c3)n2)cc1OC. The number of carbonyl (C=O) groups excluding carboxylic acids is 1. The fourth-order valence-electron chi connectivity index (χ4n) is 3.44. The predicted octanol–water partition coefficient (Wildman–Crippen LogP) is 6.25. The molecular formula is C26H24ClN3O3S. The van der Waals surface area contributed by atoms with E-state index >= 15 is 0 Å². The van der Waals surface area contributed by atoms with Crippen molar-refractivity contribution in [1.29, 1.82) is 0 Å². The Kier molecular flexibility index (Phi) is 7.45. The number of amides is 1. The van der Waals surface area contributed by atoms with Crippen LogP contribution in [-0.2, 0) is 4.79 Å². The molecule has 3 aromatic carbocycles. The number of thioether (sulfide) groups is 1.